The first-order chi connectivity index (χ1) is 15.0. The van der Waals surface area contributed by atoms with Crippen LogP contribution in [0.15, 0.2) is 69.0 Å². The van der Waals surface area contributed by atoms with Crippen LogP contribution in [0, 0.1) is 13.8 Å². The highest BCUT2D eigenvalue weighted by Gasteiger charge is 2.19. The van der Waals surface area contributed by atoms with Gasteiger partial charge in [0.2, 0.25) is 0 Å². The maximum Gasteiger partial charge on any atom is 0.280 e. The van der Waals surface area contributed by atoms with Crippen LogP contribution in [0.4, 0.5) is 0 Å². The Hall–Kier alpha value is -4.07. The molecule has 1 N–H and O–H groups in total. The highest BCUT2D eigenvalue weighted by atomic mass is 16.5. The van der Waals surface area contributed by atoms with Gasteiger partial charge in [0, 0.05) is 6.42 Å². The second-order valence-electron chi connectivity index (χ2n) is 7.25. The molecule has 0 unspecified atom stereocenters. The van der Waals surface area contributed by atoms with Crippen LogP contribution in [0.5, 0.6) is 0 Å². The van der Waals surface area contributed by atoms with E-state index in [9.17, 15) is 9.59 Å². The third-order valence-corrected chi connectivity index (χ3v) is 4.80. The fraction of sp³-hybridized carbons (Fsp3) is 0.174. The van der Waals surface area contributed by atoms with E-state index in [2.05, 4.69) is 20.8 Å². The maximum absolute atomic E-state index is 12.9. The largest absolute Gasteiger partial charge is 0.354 e. The summed E-state index contributed by atoms with van der Waals surface area (Å²) >= 11 is 0. The van der Waals surface area contributed by atoms with Gasteiger partial charge < -0.3 is 4.52 Å². The minimum atomic E-state index is -0.461. The first-order valence-electron chi connectivity index (χ1n) is 9.80. The monoisotopic (exact) mass is 415 g/mol. The van der Waals surface area contributed by atoms with Crippen molar-refractivity contribution >= 4 is 23.1 Å². The Morgan fingerprint density at radius 2 is 1.87 bits per heavy atom. The van der Waals surface area contributed by atoms with Gasteiger partial charge in [0.1, 0.15) is 17.6 Å². The lowest BCUT2D eigenvalue weighted by molar-refractivity contribution is -0.121. The summed E-state index contributed by atoms with van der Waals surface area (Å²) in [6, 6.07) is 17.4. The molecule has 0 saturated heterocycles. The summed E-state index contributed by atoms with van der Waals surface area (Å²) in [7, 11) is 0. The Labute approximate surface area is 178 Å². The van der Waals surface area contributed by atoms with Crippen LogP contribution in [0.25, 0.3) is 11.0 Å². The standard InChI is InChI=1S/C23H21N5O3/c1-15-8-10-18(11-9-15)13-24-25-20(29)14-28-23(30)21-16(2)27-31-22(21)19(26-28)12-17-6-4-3-5-7-17/h3-11,13H,12,14H2,1-2H3,(H,25,29)/b24-13+. The molecule has 8 heteroatoms. The van der Waals surface area contributed by atoms with Crippen molar-refractivity contribution in [3.63, 3.8) is 0 Å². The van der Waals surface area contributed by atoms with E-state index in [0.29, 0.717) is 28.8 Å². The lowest BCUT2D eigenvalue weighted by atomic mass is 10.1. The normalized spacial score (nSPS) is 11.3. The predicted octanol–water partition coefficient (Wildman–Crippen LogP) is 2.74. The molecule has 0 fully saturated rings. The van der Waals surface area contributed by atoms with Gasteiger partial charge in [-0.2, -0.15) is 10.2 Å². The zero-order chi connectivity index (χ0) is 21.8. The molecule has 1 amide bonds. The van der Waals surface area contributed by atoms with Crippen molar-refractivity contribution in [2.75, 3.05) is 0 Å². The molecule has 0 saturated carbocycles. The molecule has 0 aliphatic rings. The number of carbonyl (C=O) groups is 1. The molecule has 8 nitrogen and oxygen atoms in total. The van der Waals surface area contributed by atoms with E-state index in [1.54, 1.807) is 13.1 Å². The maximum atomic E-state index is 12.9. The summed E-state index contributed by atoms with van der Waals surface area (Å²) in [4.78, 5) is 25.2. The molecule has 2 aromatic heterocycles. The number of aromatic nitrogens is 3. The number of fused-ring (bicyclic) bond motifs is 1. The molecule has 156 valence electrons. The minimum absolute atomic E-state index is 0.271. The topological polar surface area (TPSA) is 102 Å². The number of hydrogen-bond donors (Lipinski definition) is 1. The molecule has 4 rings (SSSR count). The molecule has 4 aromatic rings. The van der Waals surface area contributed by atoms with Gasteiger partial charge in [-0.1, -0.05) is 65.3 Å². The molecule has 2 aromatic carbocycles. The zero-order valence-electron chi connectivity index (χ0n) is 17.2. The van der Waals surface area contributed by atoms with Gasteiger partial charge in [-0.25, -0.2) is 10.1 Å². The minimum Gasteiger partial charge on any atom is -0.354 e. The summed E-state index contributed by atoms with van der Waals surface area (Å²) in [6.07, 6.45) is 1.99. The number of benzene rings is 2. The Morgan fingerprint density at radius 3 is 2.61 bits per heavy atom. The Bertz CT molecular complexity index is 1310. The number of hydrogen-bond acceptors (Lipinski definition) is 6. The number of amides is 1. The first-order valence-corrected chi connectivity index (χ1v) is 9.80. The lowest BCUT2D eigenvalue weighted by Gasteiger charge is -2.07. The van der Waals surface area contributed by atoms with E-state index >= 15 is 0 Å². The number of carbonyl (C=O) groups excluding carboxylic acids is 1. The van der Waals surface area contributed by atoms with Gasteiger partial charge in [0.05, 0.1) is 11.9 Å². The van der Waals surface area contributed by atoms with E-state index in [1.807, 2.05) is 61.5 Å². The molecule has 0 aliphatic carbocycles. The molecule has 2 heterocycles. The lowest BCUT2D eigenvalue weighted by Crippen LogP contribution is -2.32. The molecule has 31 heavy (non-hydrogen) atoms. The smallest absolute Gasteiger partial charge is 0.280 e. The Balaban J connectivity index is 1.57. The van der Waals surface area contributed by atoms with Crippen LogP contribution in [0.3, 0.4) is 0 Å². The molecule has 0 bridgehead atoms. The molecule has 0 atom stereocenters. The number of nitrogens with zero attached hydrogens (tertiary/aromatic N) is 4. The Kier molecular flexibility index (Phi) is 5.70. The summed E-state index contributed by atoms with van der Waals surface area (Å²) in [6.45, 7) is 3.41. The van der Waals surface area contributed by atoms with Crippen LogP contribution in [-0.4, -0.2) is 27.1 Å². The van der Waals surface area contributed by atoms with Gasteiger partial charge in [-0.05, 0) is 25.0 Å². The van der Waals surface area contributed by atoms with Gasteiger partial charge in [0.25, 0.3) is 11.5 Å². The second-order valence-corrected chi connectivity index (χ2v) is 7.25. The predicted molar refractivity (Wildman–Crippen MR) is 117 cm³/mol. The van der Waals surface area contributed by atoms with E-state index in [4.69, 9.17) is 4.52 Å². The third kappa shape index (κ3) is 4.58. The average molecular weight is 415 g/mol. The molecular weight excluding hydrogens is 394 g/mol. The molecular formula is C23H21N5O3. The van der Waals surface area contributed by atoms with E-state index in [-0.39, 0.29) is 6.54 Å². The molecule has 0 spiro atoms. The fourth-order valence-electron chi connectivity index (χ4n) is 3.20. The summed E-state index contributed by atoms with van der Waals surface area (Å²) in [5.74, 6) is -0.461. The van der Waals surface area contributed by atoms with Crippen molar-refractivity contribution < 1.29 is 9.32 Å². The fourth-order valence-corrected chi connectivity index (χ4v) is 3.20. The molecule has 0 aliphatic heterocycles. The van der Waals surface area contributed by atoms with Crippen molar-refractivity contribution in [1.82, 2.24) is 20.4 Å². The van der Waals surface area contributed by atoms with Gasteiger partial charge in [-0.15, -0.1) is 0 Å². The number of rotatable bonds is 6. The van der Waals surface area contributed by atoms with Crippen molar-refractivity contribution in [1.29, 1.82) is 0 Å². The van der Waals surface area contributed by atoms with Crippen molar-refractivity contribution in [3.8, 4) is 0 Å². The zero-order valence-corrected chi connectivity index (χ0v) is 17.2. The van der Waals surface area contributed by atoms with Crippen LogP contribution >= 0.6 is 0 Å². The van der Waals surface area contributed by atoms with Crippen LogP contribution in [0.2, 0.25) is 0 Å². The third-order valence-electron chi connectivity index (χ3n) is 4.80. The van der Waals surface area contributed by atoms with Crippen molar-refractivity contribution in [2.24, 2.45) is 5.10 Å². The number of hydrazone groups is 1. The van der Waals surface area contributed by atoms with E-state index in [1.165, 1.54) is 0 Å². The van der Waals surface area contributed by atoms with E-state index < -0.39 is 11.5 Å². The quantitative estimate of drug-likeness (QED) is 0.385. The van der Waals surface area contributed by atoms with Crippen LogP contribution in [0.1, 0.15) is 28.1 Å². The SMILES string of the molecule is Cc1ccc(/C=N/NC(=O)Cn2nc(Cc3ccccc3)c3onc(C)c3c2=O)cc1. The van der Waals surface area contributed by atoms with E-state index in [0.717, 1.165) is 21.4 Å². The first kappa shape index (κ1) is 20.2. The van der Waals surface area contributed by atoms with Crippen molar-refractivity contribution in [2.45, 2.75) is 26.8 Å². The average Bonchev–Trinajstić information content (AvgIpc) is 3.16. The van der Waals surface area contributed by atoms with Crippen molar-refractivity contribution in [3.05, 3.63) is 93.0 Å². The summed E-state index contributed by atoms with van der Waals surface area (Å²) in [5.41, 5.74) is 6.35. The highest BCUT2D eigenvalue weighted by Crippen LogP contribution is 2.19. The van der Waals surface area contributed by atoms with Crippen LogP contribution in [-0.2, 0) is 17.8 Å². The highest BCUT2D eigenvalue weighted by molar-refractivity contribution is 5.83. The molecule has 0 radical (unpaired) electrons. The van der Waals surface area contributed by atoms with Crippen LogP contribution < -0.4 is 11.0 Å². The van der Waals surface area contributed by atoms with Gasteiger partial charge in [-0.3, -0.25) is 9.59 Å². The second kappa shape index (κ2) is 8.74. The summed E-state index contributed by atoms with van der Waals surface area (Å²) in [5, 5.41) is 12.6. The summed E-state index contributed by atoms with van der Waals surface area (Å²) < 4.78 is 6.49. The Morgan fingerprint density at radius 1 is 1.13 bits per heavy atom. The number of aryl methyl sites for hydroxylation is 2. The van der Waals surface area contributed by atoms with Gasteiger partial charge in [0.15, 0.2) is 5.58 Å². The number of nitrogens with one attached hydrogen (secondary N) is 1. The van der Waals surface area contributed by atoms with Gasteiger partial charge >= 0.3 is 0 Å².